The number of carbonyl (C=O) groups excluding carboxylic acids is 2. The summed E-state index contributed by atoms with van der Waals surface area (Å²) in [4.78, 5) is 27.1. The molecule has 0 bridgehead atoms. The van der Waals surface area contributed by atoms with Crippen molar-refractivity contribution in [2.24, 2.45) is 0 Å². The molecular formula is C30H37N3O3. The van der Waals surface area contributed by atoms with E-state index < -0.39 is 0 Å². The van der Waals surface area contributed by atoms with Crippen LogP contribution in [0, 0.1) is 0 Å². The van der Waals surface area contributed by atoms with E-state index in [0.717, 1.165) is 50.2 Å². The second-order valence-corrected chi connectivity index (χ2v) is 8.71. The van der Waals surface area contributed by atoms with Gasteiger partial charge in [-0.25, -0.2) is 0 Å². The number of ether oxygens (including phenoxy) is 1. The summed E-state index contributed by atoms with van der Waals surface area (Å²) < 4.78 is 5.97. The Balaban J connectivity index is 1.47. The largest absolute Gasteiger partial charge is 0.491 e. The average molecular weight is 488 g/mol. The molecular weight excluding hydrogens is 450 g/mol. The Morgan fingerprint density at radius 1 is 0.833 bits per heavy atom. The zero-order valence-corrected chi connectivity index (χ0v) is 21.3. The van der Waals surface area contributed by atoms with Crippen LogP contribution in [-0.4, -0.2) is 43.0 Å². The Morgan fingerprint density at radius 2 is 1.50 bits per heavy atom. The van der Waals surface area contributed by atoms with Gasteiger partial charge in [0, 0.05) is 24.3 Å². The van der Waals surface area contributed by atoms with E-state index in [-0.39, 0.29) is 18.4 Å². The maximum atomic E-state index is 12.7. The van der Waals surface area contributed by atoms with Gasteiger partial charge >= 0.3 is 0 Å². The lowest BCUT2D eigenvalue weighted by Crippen LogP contribution is -2.32. The first-order chi connectivity index (χ1) is 17.6. The van der Waals surface area contributed by atoms with Crippen molar-refractivity contribution in [3.63, 3.8) is 0 Å². The van der Waals surface area contributed by atoms with Crippen LogP contribution in [0.15, 0.2) is 78.9 Å². The third-order valence-corrected chi connectivity index (χ3v) is 5.73. The van der Waals surface area contributed by atoms with Gasteiger partial charge in [-0.05, 0) is 67.6 Å². The predicted octanol–water partition coefficient (Wildman–Crippen LogP) is 6.01. The number of anilines is 2. The first kappa shape index (κ1) is 26.8. The molecule has 0 atom stereocenters. The van der Waals surface area contributed by atoms with E-state index in [2.05, 4.69) is 36.6 Å². The minimum absolute atomic E-state index is 0.0265. The highest BCUT2D eigenvalue weighted by Crippen LogP contribution is 2.24. The lowest BCUT2D eigenvalue weighted by Gasteiger charge is -2.21. The number of nitrogens with zero attached hydrogens (tertiary/aromatic N) is 1. The molecule has 2 N–H and O–H groups in total. The van der Waals surface area contributed by atoms with E-state index in [1.165, 1.54) is 5.56 Å². The summed E-state index contributed by atoms with van der Waals surface area (Å²) >= 11 is 0. The number of carbonyl (C=O) groups is 2. The monoisotopic (exact) mass is 487 g/mol. The number of rotatable bonds is 14. The molecule has 0 saturated heterocycles. The normalized spacial score (nSPS) is 10.5. The molecule has 0 heterocycles. The van der Waals surface area contributed by atoms with E-state index in [9.17, 15) is 9.59 Å². The van der Waals surface area contributed by atoms with Gasteiger partial charge in [0.15, 0.2) is 0 Å². The minimum atomic E-state index is -0.174. The number of benzene rings is 3. The predicted molar refractivity (Wildman–Crippen MR) is 147 cm³/mol. The van der Waals surface area contributed by atoms with Crippen LogP contribution in [-0.2, 0) is 11.2 Å². The van der Waals surface area contributed by atoms with E-state index in [1.807, 2.05) is 47.4 Å². The second kappa shape index (κ2) is 14.6. The van der Waals surface area contributed by atoms with Gasteiger partial charge in [0.1, 0.15) is 5.75 Å². The van der Waals surface area contributed by atoms with Gasteiger partial charge in [-0.1, -0.05) is 56.3 Å². The molecule has 190 valence electrons. The molecule has 0 aliphatic carbocycles. The van der Waals surface area contributed by atoms with Crippen LogP contribution in [0.1, 0.15) is 49.0 Å². The molecule has 0 unspecified atom stereocenters. The van der Waals surface area contributed by atoms with Gasteiger partial charge in [-0.2, -0.15) is 0 Å². The summed E-state index contributed by atoms with van der Waals surface area (Å²) in [5.41, 5.74) is 3.36. The van der Waals surface area contributed by atoms with E-state index in [4.69, 9.17) is 4.74 Å². The van der Waals surface area contributed by atoms with Crippen LogP contribution in [0.4, 0.5) is 11.4 Å². The number of hydrogen-bond donors (Lipinski definition) is 2. The van der Waals surface area contributed by atoms with Crippen molar-refractivity contribution in [2.75, 3.05) is 36.9 Å². The van der Waals surface area contributed by atoms with Gasteiger partial charge < -0.3 is 20.3 Å². The topological polar surface area (TPSA) is 70.7 Å². The highest BCUT2D eigenvalue weighted by molar-refractivity contribution is 5.96. The number of aryl methyl sites for hydroxylation is 1. The number of nitrogens with one attached hydrogen (secondary N) is 2. The molecule has 0 spiro atoms. The van der Waals surface area contributed by atoms with E-state index >= 15 is 0 Å². The fourth-order valence-corrected chi connectivity index (χ4v) is 3.96. The summed E-state index contributed by atoms with van der Waals surface area (Å²) in [5.74, 6) is 0.579. The molecule has 6 heteroatoms. The molecule has 0 saturated carbocycles. The fraction of sp³-hybridized carbons (Fsp3) is 0.333. The Labute approximate surface area is 214 Å². The second-order valence-electron chi connectivity index (χ2n) is 8.71. The molecule has 3 aromatic carbocycles. The van der Waals surface area contributed by atoms with Crippen molar-refractivity contribution in [1.29, 1.82) is 0 Å². The molecule has 0 radical (unpaired) electrons. The van der Waals surface area contributed by atoms with Gasteiger partial charge in [0.25, 0.3) is 5.91 Å². The Morgan fingerprint density at radius 3 is 2.19 bits per heavy atom. The van der Waals surface area contributed by atoms with Crippen LogP contribution in [0.3, 0.4) is 0 Å². The summed E-state index contributed by atoms with van der Waals surface area (Å²) in [6, 6.07) is 25.0. The quantitative estimate of drug-likeness (QED) is 0.273. The van der Waals surface area contributed by atoms with Crippen LogP contribution in [0.5, 0.6) is 5.75 Å². The maximum absolute atomic E-state index is 12.7. The molecule has 36 heavy (non-hydrogen) atoms. The summed E-state index contributed by atoms with van der Waals surface area (Å²) in [5, 5.41) is 6.05. The number of para-hydroxylation sites is 2. The van der Waals surface area contributed by atoms with Crippen molar-refractivity contribution in [2.45, 2.75) is 39.5 Å². The number of amides is 2. The van der Waals surface area contributed by atoms with Crippen molar-refractivity contribution in [3.05, 3.63) is 90.0 Å². The van der Waals surface area contributed by atoms with Crippen molar-refractivity contribution < 1.29 is 14.3 Å². The average Bonchev–Trinajstić information content (AvgIpc) is 2.91. The molecule has 0 aliphatic heterocycles. The SMILES string of the molecule is CCCN(CCC)C(=O)c1ccc(NC(=O)CNc2ccccc2OCCCc2ccccc2)cc1. The lowest BCUT2D eigenvalue weighted by molar-refractivity contribution is -0.114. The van der Waals surface area contributed by atoms with Crippen molar-refractivity contribution in [3.8, 4) is 5.75 Å². The van der Waals surface area contributed by atoms with Gasteiger partial charge in [0.2, 0.25) is 5.91 Å². The van der Waals surface area contributed by atoms with Crippen LogP contribution in [0.25, 0.3) is 0 Å². The number of hydrogen-bond acceptors (Lipinski definition) is 4. The smallest absolute Gasteiger partial charge is 0.253 e. The minimum Gasteiger partial charge on any atom is -0.491 e. The summed E-state index contributed by atoms with van der Waals surface area (Å²) in [6.07, 6.45) is 3.72. The van der Waals surface area contributed by atoms with Crippen LogP contribution < -0.4 is 15.4 Å². The van der Waals surface area contributed by atoms with Gasteiger partial charge in [0.05, 0.1) is 18.8 Å². The molecule has 0 fully saturated rings. The highest BCUT2D eigenvalue weighted by Gasteiger charge is 2.14. The van der Waals surface area contributed by atoms with Crippen LogP contribution in [0.2, 0.25) is 0 Å². The van der Waals surface area contributed by atoms with Crippen molar-refractivity contribution >= 4 is 23.2 Å². The lowest BCUT2D eigenvalue weighted by atomic mass is 10.1. The molecule has 0 aliphatic rings. The zero-order valence-electron chi connectivity index (χ0n) is 21.3. The third kappa shape index (κ3) is 8.45. The van der Waals surface area contributed by atoms with E-state index in [1.54, 1.807) is 24.3 Å². The highest BCUT2D eigenvalue weighted by atomic mass is 16.5. The molecule has 3 rings (SSSR count). The fourth-order valence-electron chi connectivity index (χ4n) is 3.96. The molecule has 2 amide bonds. The summed E-state index contributed by atoms with van der Waals surface area (Å²) in [6.45, 7) is 6.33. The molecule has 3 aromatic rings. The third-order valence-electron chi connectivity index (χ3n) is 5.73. The zero-order chi connectivity index (χ0) is 25.6. The molecule has 6 nitrogen and oxygen atoms in total. The molecule has 0 aromatic heterocycles. The first-order valence-corrected chi connectivity index (χ1v) is 12.8. The Hall–Kier alpha value is -3.80. The van der Waals surface area contributed by atoms with Gasteiger partial charge in [-0.3, -0.25) is 9.59 Å². The van der Waals surface area contributed by atoms with Crippen LogP contribution >= 0.6 is 0 Å². The first-order valence-electron chi connectivity index (χ1n) is 12.8. The van der Waals surface area contributed by atoms with Crippen molar-refractivity contribution in [1.82, 2.24) is 4.90 Å². The summed E-state index contributed by atoms with van der Waals surface area (Å²) in [7, 11) is 0. The maximum Gasteiger partial charge on any atom is 0.253 e. The Bertz CT molecular complexity index is 1080. The van der Waals surface area contributed by atoms with E-state index in [0.29, 0.717) is 17.9 Å². The standard InChI is InChI=1S/C30H37N3O3/c1-3-20-33(21-4-2)30(35)25-16-18-26(19-17-25)32-29(34)23-31-27-14-8-9-15-28(27)36-22-10-13-24-11-6-5-7-12-24/h5-9,11-12,14-19,31H,3-4,10,13,20-23H2,1-2H3,(H,32,34). The Kier molecular flexibility index (Phi) is 10.8. The van der Waals surface area contributed by atoms with Gasteiger partial charge in [-0.15, -0.1) is 0 Å².